The molecule has 0 atom stereocenters. The molecular weight excluding hydrogens is 276 g/mol. The van der Waals surface area contributed by atoms with Gasteiger partial charge in [0.05, 0.1) is 33.0 Å². The number of hydrogen-bond acceptors (Lipinski definition) is 6. The molecule has 0 radical (unpaired) electrons. The maximum atomic E-state index is 8.55. The van der Waals surface area contributed by atoms with Gasteiger partial charge >= 0.3 is 0 Å². The van der Waals surface area contributed by atoms with Crippen molar-refractivity contribution in [3.05, 3.63) is 29.8 Å². The first-order valence-electron chi connectivity index (χ1n) is 6.63. The third-order valence-electron chi connectivity index (χ3n) is 2.56. The van der Waals surface area contributed by atoms with Crippen molar-refractivity contribution in [2.24, 2.45) is 10.9 Å². The van der Waals surface area contributed by atoms with Gasteiger partial charge in [-0.1, -0.05) is 5.16 Å². The topological polar surface area (TPSA) is 95.5 Å². The molecule has 0 saturated heterocycles. The number of nitrogens with zero attached hydrogens (tertiary/aromatic N) is 1. The van der Waals surface area contributed by atoms with Crippen LogP contribution in [0.1, 0.15) is 5.56 Å². The van der Waals surface area contributed by atoms with Crippen LogP contribution in [0.15, 0.2) is 29.4 Å². The van der Waals surface area contributed by atoms with E-state index in [0.717, 1.165) is 0 Å². The van der Waals surface area contributed by atoms with E-state index in [1.165, 1.54) is 0 Å². The standard InChI is InChI=1S/C14H22N2O5/c1-18-6-7-19-8-9-20-10-11-21-13-4-2-12(3-5-13)14(15)16-17/h2-5,17H,6-11H2,1H3,(H2,15,16). The lowest BCUT2D eigenvalue weighted by Crippen LogP contribution is -2.13. The highest BCUT2D eigenvalue weighted by atomic mass is 16.6. The van der Waals surface area contributed by atoms with Gasteiger partial charge in [0, 0.05) is 12.7 Å². The Kier molecular flexibility index (Phi) is 8.94. The molecule has 0 aliphatic rings. The smallest absolute Gasteiger partial charge is 0.170 e. The molecule has 118 valence electrons. The molecule has 0 spiro atoms. The van der Waals surface area contributed by atoms with Gasteiger partial charge in [-0.2, -0.15) is 0 Å². The molecule has 0 saturated carbocycles. The van der Waals surface area contributed by atoms with Crippen molar-refractivity contribution in [3.8, 4) is 5.75 Å². The van der Waals surface area contributed by atoms with Crippen LogP contribution in [0.25, 0.3) is 0 Å². The van der Waals surface area contributed by atoms with Gasteiger partial charge in [0.1, 0.15) is 12.4 Å². The molecule has 0 amide bonds. The Balaban J connectivity index is 2.08. The molecule has 0 fully saturated rings. The summed E-state index contributed by atoms with van der Waals surface area (Å²) in [6, 6.07) is 6.94. The molecule has 1 rings (SSSR count). The predicted molar refractivity (Wildman–Crippen MR) is 78.0 cm³/mol. The summed E-state index contributed by atoms with van der Waals surface area (Å²) in [4.78, 5) is 0. The second-order valence-electron chi connectivity index (χ2n) is 4.08. The molecule has 0 unspecified atom stereocenters. The fourth-order valence-electron chi connectivity index (χ4n) is 1.46. The molecule has 0 aliphatic heterocycles. The summed E-state index contributed by atoms with van der Waals surface area (Å²) in [6.45, 7) is 3.15. The molecule has 7 heteroatoms. The zero-order chi connectivity index (χ0) is 15.3. The maximum Gasteiger partial charge on any atom is 0.170 e. The van der Waals surface area contributed by atoms with Crippen LogP contribution in [0.3, 0.4) is 0 Å². The highest BCUT2D eigenvalue weighted by Crippen LogP contribution is 2.11. The third-order valence-corrected chi connectivity index (χ3v) is 2.56. The van der Waals surface area contributed by atoms with Crippen LogP contribution in [0, 0.1) is 0 Å². The van der Waals surface area contributed by atoms with Crippen molar-refractivity contribution in [3.63, 3.8) is 0 Å². The van der Waals surface area contributed by atoms with E-state index in [1.54, 1.807) is 31.4 Å². The number of hydrogen-bond donors (Lipinski definition) is 2. The van der Waals surface area contributed by atoms with E-state index in [-0.39, 0.29) is 5.84 Å². The summed E-state index contributed by atoms with van der Waals surface area (Å²) in [5.74, 6) is 0.766. The van der Waals surface area contributed by atoms with Crippen molar-refractivity contribution in [2.75, 3.05) is 46.8 Å². The van der Waals surface area contributed by atoms with Crippen molar-refractivity contribution in [2.45, 2.75) is 0 Å². The second-order valence-corrected chi connectivity index (χ2v) is 4.08. The summed E-state index contributed by atoms with van der Waals surface area (Å²) < 4.78 is 20.9. The van der Waals surface area contributed by atoms with Crippen molar-refractivity contribution in [1.29, 1.82) is 0 Å². The maximum absolute atomic E-state index is 8.55. The van der Waals surface area contributed by atoms with E-state index in [9.17, 15) is 0 Å². The number of ether oxygens (including phenoxy) is 4. The number of benzene rings is 1. The summed E-state index contributed by atoms with van der Waals surface area (Å²) in [5.41, 5.74) is 6.10. The van der Waals surface area contributed by atoms with Crippen LogP contribution in [0.4, 0.5) is 0 Å². The minimum Gasteiger partial charge on any atom is -0.491 e. The van der Waals surface area contributed by atoms with Crippen molar-refractivity contribution >= 4 is 5.84 Å². The fourth-order valence-corrected chi connectivity index (χ4v) is 1.46. The van der Waals surface area contributed by atoms with Gasteiger partial charge in [0.2, 0.25) is 0 Å². The van der Waals surface area contributed by atoms with Crippen LogP contribution < -0.4 is 10.5 Å². The summed E-state index contributed by atoms with van der Waals surface area (Å²) in [7, 11) is 1.63. The summed E-state index contributed by atoms with van der Waals surface area (Å²) in [6.07, 6.45) is 0. The number of rotatable bonds is 11. The molecule has 7 nitrogen and oxygen atoms in total. The van der Waals surface area contributed by atoms with Crippen LogP contribution in [0.2, 0.25) is 0 Å². The molecule has 3 N–H and O–H groups in total. The zero-order valence-electron chi connectivity index (χ0n) is 12.2. The Morgan fingerprint density at radius 2 is 1.57 bits per heavy atom. The Morgan fingerprint density at radius 1 is 1.00 bits per heavy atom. The van der Waals surface area contributed by atoms with Gasteiger partial charge in [-0.25, -0.2) is 0 Å². The van der Waals surface area contributed by atoms with Gasteiger partial charge in [-0.15, -0.1) is 0 Å². The van der Waals surface area contributed by atoms with E-state index in [1.807, 2.05) is 0 Å². The minimum absolute atomic E-state index is 0.0679. The second kappa shape index (κ2) is 10.9. The van der Waals surface area contributed by atoms with Gasteiger partial charge in [0.15, 0.2) is 5.84 Å². The summed E-state index contributed by atoms with van der Waals surface area (Å²) >= 11 is 0. The number of methoxy groups -OCH3 is 1. The van der Waals surface area contributed by atoms with Crippen LogP contribution >= 0.6 is 0 Å². The Hall–Kier alpha value is -1.83. The lowest BCUT2D eigenvalue weighted by Gasteiger charge is -2.08. The highest BCUT2D eigenvalue weighted by Gasteiger charge is 1.99. The Bertz CT molecular complexity index is 408. The van der Waals surface area contributed by atoms with E-state index in [2.05, 4.69) is 5.16 Å². The quantitative estimate of drug-likeness (QED) is 0.207. The third kappa shape index (κ3) is 7.50. The molecule has 21 heavy (non-hydrogen) atoms. The highest BCUT2D eigenvalue weighted by molar-refractivity contribution is 5.97. The van der Waals surface area contributed by atoms with E-state index < -0.39 is 0 Å². The first-order chi connectivity index (χ1) is 10.3. The molecule has 0 aliphatic carbocycles. The van der Waals surface area contributed by atoms with Crippen LogP contribution in [-0.2, 0) is 14.2 Å². The SMILES string of the molecule is COCCOCCOCCOc1ccc(/C(N)=N/O)cc1. The molecular formula is C14H22N2O5. The van der Waals surface area contributed by atoms with Gasteiger partial charge in [-0.3, -0.25) is 0 Å². The largest absolute Gasteiger partial charge is 0.491 e. The van der Waals surface area contributed by atoms with Gasteiger partial charge in [0.25, 0.3) is 0 Å². The average Bonchev–Trinajstić information content (AvgIpc) is 2.53. The van der Waals surface area contributed by atoms with Crippen molar-refractivity contribution < 1.29 is 24.2 Å². The first kappa shape index (κ1) is 17.2. The Labute approximate surface area is 124 Å². The minimum atomic E-state index is 0.0679. The molecule has 1 aromatic rings. The zero-order valence-corrected chi connectivity index (χ0v) is 12.2. The summed E-state index contributed by atoms with van der Waals surface area (Å²) in [5, 5.41) is 11.5. The molecule has 0 heterocycles. The van der Waals surface area contributed by atoms with Gasteiger partial charge in [-0.05, 0) is 24.3 Å². The number of oxime groups is 1. The predicted octanol–water partition coefficient (Wildman–Crippen LogP) is 0.840. The average molecular weight is 298 g/mol. The number of nitrogens with two attached hydrogens (primary N) is 1. The van der Waals surface area contributed by atoms with E-state index in [4.69, 9.17) is 29.9 Å². The van der Waals surface area contributed by atoms with Crippen LogP contribution in [0.5, 0.6) is 5.75 Å². The number of amidine groups is 1. The van der Waals surface area contributed by atoms with Crippen molar-refractivity contribution in [1.82, 2.24) is 0 Å². The lowest BCUT2D eigenvalue weighted by molar-refractivity contribution is 0.0180. The normalized spacial score (nSPS) is 11.6. The monoisotopic (exact) mass is 298 g/mol. The molecule has 0 aromatic heterocycles. The Morgan fingerprint density at radius 3 is 2.14 bits per heavy atom. The molecule has 1 aromatic carbocycles. The molecule has 0 bridgehead atoms. The van der Waals surface area contributed by atoms with Gasteiger partial charge < -0.3 is 29.9 Å². The first-order valence-corrected chi connectivity index (χ1v) is 6.63. The van der Waals surface area contributed by atoms with Crippen LogP contribution in [-0.4, -0.2) is 57.8 Å². The fraction of sp³-hybridized carbons (Fsp3) is 0.500. The van der Waals surface area contributed by atoms with E-state index >= 15 is 0 Å². The lowest BCUT2D eigenvalue weighted by atomic mass is 10.2. The van der Waals surface area contributed by atoms with E-state index in [0.29, 0.717) is 51.0 Å².